The number of carbonyl (C=O) groups excluding carboxylic acids is 2. The number of rotatable bonds is 4. The molecule has 118 valence electrons. The lowest BCUT2D eigenvalue weighted by Gasteiger charge is -2.40. The first kappa shape index (κ1) is 15.2. The van der Waals surface area contributed by atoms with E-state index in [1.807, 2.05) is 35.2 Å². The number of hydrogen-bond acceptors (Lipinski definition) is 3. The lowest BCUT2D eigenvalue weighted by atomic mass is 9.79. The number of nitrogens with zero attached hydrogens (tertiary/aromatic N) is 1. The number of carbonyl (C=O) groups is 2. The topological polar surface area (TPSA) is 49.4 Å². The fourth-order valence-electron chi connectivity index (χ4n) is 3.71. The summed E-state index contributed by atoms with van der Waals surface area (Å²) in [5, 5.41) is 3.42. The number of hydrogen-bond donors (Lipinski definition) is 1. The van der Waals surface area contributed by atoms with Crippen LogP contribution in [0.5, 0.6) is 0 Å². The second kappa shape index (κ2) is 6.61. The van der Waals surface area contributed by atoms with E-state index in [-0.39, 0.29) is 17.1 Å². The maximum Gasteiger partial charge on any atom is 0.223 e. The predicted molar refractivity (Wildman–Crippen MR) is 85.7 cm³/mol. The van der Waals surface area contributed by atoms with Crippen molar-refractivity contribution in [3.05, 3.63) is 35.9 Å². The predicted octanol–water partition coefficient (Wildman–Crippen LogP) is 2.25. The molecule has 1 amide bonds. The Labute approximate surface area is 131 Å². The Hall–Kier alpha value is -1.68. The highest BCUT2D eigenvalue weighted by atomic mass is 16.2. The van der Waals surface area contributed by atoms with Gasteiger partial charge in [-0.2, -0.15) is 0 Å². The molecule has 1 atom stereocenters. The van der Waals surface area contributed by atoms with Crippen molar-refractivity contribution in [2.24, 2.45) is 5.41 Å². The minimum Gasteiger partial charge on any atom is -0.342 e. The first-order valence-electron chi connectivity index (χ1n) is 8.25. The van der Waals surface area contributed by atoms with Crippen LogP contribution in [0.4, 0.5) is 0 Å². The molecule has 1 N–H and O–H groups in total. The van der Waals surface area contributed by atoms with Gasteiger partial charge in [0.05, 0.1) is 0 Å². The summed E-state index contributed by atoms with van der Waals surface area (Å²) in [4.78, 5) is 26.5. The maximum atomic E-state index is 12.4. The third-order valence-corrected chi connectivity index (χ3v) is 5.01. The van der Waals surface area contributed by atoms with E-state index in [0.717, 1.165) is 32.6 Å². The Morgan fingerprint density at radius 2 is 1.95 bits per heavy atom. The van der Waals surface area contributed by atoms with E-state index in [0.29, 0.717) is 18.4 Å². The highest BCUT2D eigenvalue weighted by molar-refractivity contribution is 5.97. The van der Waals surface area contributed by atoms with Crippen LogP contribution in [-0.4, -0.2) is 42.8 Å². The minimum absolute atomic E-state index is 0.0585. The first-order chi connectivity index (χ1) is 10.7. The van der Waals surface area contributed by atoms with Crippen molar-refractivity contribution in [1.29, 1.82) is 0 Å². The summed E-state index contributed by atoms with van der Waals surface area (Å²) in [7, 11) is 0. The van der Waals surface area contributed by atoms with Crippen molar-refractivity contribution >= 4 is 11.7 Å². The van der Waals surface area contributed by atoms with Gasteiger partial charge < -0.3 is 10.2 Å². The SMILES string of the molecule is O=C(CCC(=O)N1CCC[C@@]2(CCNC2)C1)c1ccccc1. The van der Waals surface area contributed by atoms with Crippen LogP contribution < -0.4 is 5.32 Å². The molecule has 4 heteroatoms. The monoisotopic (exact) mass is 300 g/mol. The van der Waals surface area contributed by atoms with Crippen molar-refractivity contribution in [2.45, 2.75) is 32.1 Å². The van der Waals surface area contributed by atoms with Gasteiger partial charge in [0.2, 0.25) is 5.91 Å². The van der Waals surface area contributed by atoms with E-state index in [4.69, 9.17) is 0 Å². The zero-order chi connectivity index (χ0) is 15.4. The van der Waals surface area contributed by atoms with Crippen LogP contribution in [0.25, 0.3) is 0 Å². The van der Waals surface area contributed by atoms with E-state index < -0.39 is 0 Å². The van der Waals surface area contributed by atoms with Gasteiger partial charge in [-0.05, 0) is 25.8 Å². The number of amides is 1. The number of Topliss-reactive ketones (excluding diaryl/α,β-unsaturated/α-hetero) is 1. The molecule has 0 bridgehead atoms. The quantitative estimate of drug-likeness (QED) is 0.868. The fraction of sp³-hybridized carbons (Fsp3) is 0.556. The van der Waals surface area contributed by atoms with E-state index in [2.05, 4.69) is 5.32 Å². The van der Waals surface area contributed by atoms with Gasteiger partial charge >= 0.3 is 0 Å². The molecule has 4 nitrogen and oxygen atoms in total. The third-order valence-electron chi connectivity index (χ3n) is 5.01. The average molecular weight is 300 g/mol. The summed E-state index contributed by atoms with van der Waals surface area (Å²) in [6, 6.07) is 9.23. The Morgan fingerprint density at radius 3 is 2.68 bits per heavy atom. The Bertz CT molecular complexity index is 535. The normalized spacial score (nSPS) is 24.6. The molecule has 1 spiro atoms. The van der Waals surface area contributed by atoms with E-state index in [1.165, 1.54) is 12.8 Å². The molecule has 0 aromatic heterocycles. The van der Waals surface area contributed by atoms with Crippen molar-refractivity contribution in [1.82, 2.24) is 10.2 Å². The van der Waals surface area contributed by atoms with Gasteiger partial charge in [0.15, 0.2) is 5.78 Å². The Morgan fingerprint density at radius 1 is 1.14 bits per heavy atom. The zero-order valence-electron chi connectivity index (χ0n) is 13.0. The largest absolute Gasteiger partial charge is 0.342 e. The van der Waals surface area contributed by atoms with E-state index in [1.54, 1.807) is 0 Å². The van der Waals surface area contributed by atoms with Crippen LogP contribution in [0.15, 0.2) is 30.3 Å². The van der Waals surface area contributed by atoms with Gasteiger partial charge in [-0.3, -0.25) is 9.59 Å². The van der Waals surface area contributed by atoms with Gasteiger partial charge in [-0.1, -0.05) is 30.3 Å². The number of benzene rings is 1. The second-order valence-electron chi connectivity index (χ2n) is 6.63. The summed E-state index contributed by atoms with van der Waals surface area (Å²) >= 11 is 0. The van der Waals surface area contributed by atoms with Crippen molar-refractivity contribution < 1.29 is 9.59 Å². The van der Waals surface area contributed by atoms with Crippen molar-refractivity contribution in [2.75, 3.05) is 26.2 Å². The number of nitrogens with one attached hydrogen (secondary N) is 1. The molecule has 0 unspecified atom stereocenters. The lowest BCUT2D eigenvalue weighted by Crippen LogP contribution is -2.47. The molecule has 1 aromatic rings. The minimum atomic E-state index is 0.0585. The van der Waals surface area contributed by atoms with Gasteiger partial charge in [0, 0.05) is 43.5 Å². The van der Waals surface area contributed by atoms with Crippen LogP contribution in [0, 0.1) is 5.41 Å². The van der Waals surface area contributed by atoms with Crippen molar-refractivity contribution in [3.8, 4) is 0 Å². The van der Waals surface area contributed by atoms with Gasteiger partial charge in [-0.25, -0.2) is 0 Å². The van der Waals surface area contributed by atoms with Crippen molar-refractivity contribution in [3.63, 3.8) is 0 Å². The highest BCUT2D eigenvalue weighted by Crippen LogP contribution is 2.35. The van der Waals surface area contributed by atoms with E-state index in [9.17, 15) is 9.59 Å². The molecule has 0 saturated carbocycles. The lowest BCUT2D eigenvalue weighted by molar-refractivity contribution is -0.134. The van der Waals surface area contributed by atoms with Gasteiger partial charge in [-0.15, -0.1) is 0 Å². The standard InChI is InChI=1S/C18H24N2O2/c21-16(15-5-2-1-3-6-15)7-8-17(22)20-12-4-9-18(14-20)10-11-19-13-18/h1-3,5-6,19H,4,7-14H2/t18-/m0/s1. The van der Waals surface area contributed by atoms with Gasteiger partial charge in [0.25, 0.3) is 0 Å². The molecule has 0 aliphatic carbocycles. The Kier molecular flexibility index (Phi) is 4.57. The molecular weight excluding hydrogens is 276 g/mol. The summed E-state index contributed by atoms with van der Waals surface area (Å²) in [5.74, 6) is 0.193. The molecule has 2 heterocycles. The maximum absolute atomic E-state index is 12.4. The first-order valence-corrected chi connectivity index (χ1v) is 8.25. The zero-order valence-corrected chi connectivity index (χ0v) is 13.0. The number of likely N-dealkylation sites (tertiary alicyclic amines) is 1. The van der Waals surface area contributed by atoms with Crippen LogP contribution in [0.2, 0.25) is 0 Å². The molecule has 2 fully saturated rings. The number of piperidine rings is 1. The van der Waals surface area contributed by atoms with E-state index >= 15 is 0 Å². The molecule has 1 aromatic carbocycles. The van der Waals surface area contributed by atoms with Crippen LogP contribution in [0.1, 0.15) is 42.5 Å². The van der Waals surface area contributed by atoms with Crippen LogP contribution >= 0.6 is 0 Å². The molecular formula is C18H24N2O2. The molecule has 2 saturated heterocycles. The second-order valence-corrected chi connectivity index (χ2v) is 6.63. The number of ketones is 1. The summed E-state index contributed by atoms with van der Waals surface area (Å²) in [5.41, 5.74) is 0.988. The summed E-state index contributed by atoms with van der Waals surface area (Å²) in [6.45, 7) is 3.80. The Balaban J connectivity index is 1.52. The molecule has 2 aliphatic heterocycles. The molecule has 22 heavy (non-hydrogen) atoms. The average Bonchev–Trinajstić information content (AvgIpc) is 3.00. The highest BCUT2D eigenvalue weighted by Gasteiger charge is 2.39. The molecule has 3 rings (SSSR count). The summed E-state index contributed by atoms with van der Waals surface area (Å²) < 4.78 is 0. The summed E-state index contributed by atoms with van der Waals surface area (Å²) in [6.07, 6.45) is 4.11. The van der Waals surface area contributed by atoms with Gasteiger partial charge in [0.1, 0.15) is 0 Å². The molecule has 0 radical (unpaired) electrons. The van der Waals surface area contributed by atoms with Crippen LogP contribution in [-0.2, 0) is 4.79 Å². The molecule has 2 aliphatic rings. The fourth-order valence-corrected chi connectivity index (χ4v) is 3.71. The van der Waals surface area contributed by atoms with Crippen LogP contribution in [0.3, 0.4) is 0 Å². The third kappa shape index (κ3) is 3.38. The smallest absolute Gasteiger partial charge is 0.223 e.